The Bertz CT molecular complexity index is 1200. The SMILES string of the molecule is N#CC1CN(S(=O)(=O)N2CCC[C@H](C(=O)N3CCC[C@@H]3C(=O)NCc3cc(F)cc(C(F)(F)F)c3)C2)C1. The van der Waals surface area contributed by atoms with Gasteiger partial charge < -0.3 is 10.2 Å². The fourth-order valence-electron chi connectivity index (χ4n) is 4.99. The minimum Gasteiger partial charge on any atom is -0.350 e. The molecule has 0 bridgehead atoms. The number of nitriles is 1. The molecule has 0 saturated carbocycles. The molecule has 0 unspecified atom stereocenters. The normalized spacial score (nSPS) is 23.9. The molecule has 2 atom stereocenters. The first-order valence-electron chi connectivity index (χ1n) is 12.0. The maximum absolute atomic E-state index is 13.7. The molecular weight excluding hydrogens is 518 g/mol. The number of halogens is 4. The maximum atomic E-state index is 13.7. The number of rotatable bonds is 6. The minimum absolute atomic E-state index is 0.0246. The van der Waals surface area contributed by atoms with Gasteiger partial charge in [-0.1, -0.05) is 0 Å². The second kappa shape index (κ2) is 10.5. The van der Waals surface area contributed by atoms with E-state index in [1.165, 1.54) is 13.5 Å². The summed E-state index contributed by atoms with van der Waals surface area (Å²) in [7, 11) is -3.79. The quantitative estimate of drug-likeness (QED) is 0.549. The van der Waals surface area contributed by atoms with Gasteiger partial charge in [-0.25, -0.2) is 4.39 Å². The van der Waals surface area contributed by atoms with Crippen LogP contribution in [-0.4, -0.2) is 72.5 Å². The highest BCUT2D eigenvalue weighted by Gasteiger charge is 2.44. The molecule has 3 aliphatic heterocycles. The first-order valence-corrected chi connectivity index (χ1v) is 13.4. The zero-order valence-electron chi connectivity index (χ0n) is 19.9. The van der Waals surface area contributed by atoms with Gasteiger partial charge in [0.2, 0.25) is 11.8 Å². The number of likely N-dealkylation sites (tertiary alicyclic amines) is 1. The number of amides is 2. The molecule has 2 amide bonds. The van der Waals surface area contributed by atoms with Gasteiger partial charge in [0.15, 0.2) is 0 Å². The Morgan fingerprint density at radius 1 is 1.05 bits per heavy atom. The van der Waals surface area contributed by atoms with E-state index in [0.29, 0.717) is 38.3 Å². The number of hydrogen-bond donors (Lipinski definition) is 1. The summed E-state index contributed by atoms with van der Waals surface area (Å²) in [6.45, 7) is 0.443. The van der Waals surface area contributed by atoms with Gasteiger partial charge in [0.1, 0.15) is 11.9 Å². The lowest BCUT2D eigenvalue weighted by molar-refractivity contribution is -0.142. The highest BCUT2D eigenvalue weighted by atomic mass is 32.2. The van der Waals surface area contributed by atoms with Crippen molar-refractivity contribution in [3.8, 4) is 6.07 Å². The topological polar surface area (TPSA) is 114 Å². The Morgan fingerprint density at radius 3 is 2.43 bits per heavy atom. The average Bonchev–Trinajstić information content (AvgIpc) is 3.30. The molecule has 0 radical (unpaired) electrons. The molecule has 3 saturated heterocycles. The van der Waals surface area contributed by atoms with E-state index in [9.17, 15) is 35.6 Å². The van der Waals surface area contributed by atoms with Crippen LogP contribution in [-0.2, 0) is 32.5 Å². The van der Waals surface area contributed by atoms with Gasteiger partial charge in [-0.15, -0.1) is 0 Å². The van der Waals surface area contributed by atoms with Gasteiger partial charge in [-0.3, -0.25) is 9.59 Å². The van der Waals surface area contributed by atoms with Gasteiger partial charge in [-0.2, -0.15) is 35.5 Å². The van der Waals surface area contributed by atoms with E-state index >= 15 is 0 Å². The second-order valence-electron chi connectivity index (χ2n) is 9.60. The van der Waals surface area contributed by atoms with Crippen LogP contribution in [0.4, 0.5) is 17.6 Å². The molecule has 1 aromatic carbocycles. The summed E-state index contributed by atoms with van der Waals surface area (Å²) in [5, 5.41) is 11.4. The lowest BCUT2D eigenvalue weighted by Crippen LogP contribution is -2.57. The fourth-order valence-corrected chi connectivity index (χ4v) is 6.78. The van der Waals surface area contributed by atoms with Crippen LogP contribution in [0.3, 0.4) is 0 Å². The molecule has 9 nitrogen and oxygen atoms in total. The van der Waals surface area contributed by atoms with Crippen molar-refractivity contribution >= 4 is 22.0 Å². The molecule has 3 aliphatic rings. The number of carbonyl (C=O) groups is 2. The van der Waals surface area contributed by atoms with Gasteiger partial charge in [0.05, 0.1) is 23.5 Å². The largest absolute Gasteiger partial charge is 0.416 e. The average molecular weight is 546 g/mol. The van der Waals surface area contributed by atoms with Crippen LogP contribution >= 0.6 is 0 Å². The monoisotopic (exact) mass is 545 g/mol. The molecule has 0 aliphatic carbocycles. The highest BCUT2D eigenvalue weighted by Crippen LogP contribution is 2.31. The van der Waals surface area contributed by atoms with Crippen molar-refractivity contribution in [3.05, 3.63) is 35.1 Å². The molecule has 0 aromatic heterocycles. The van der Waals surface area contributed by atoms with Crippen LogP contribution in [0, 0.1) is 29.0 Å². The van der Waals surface area contributed by atoms with Crippen LogP contribution < -0.4 is 5.32 Å². The van der Waals surface area contributed by atoms with Crippen molar-refractivity contribution in [2.75, 3.05) is 32.7 Å². The Labute approximate surface area is 212 Å². The van der Waals surface area contributed by atoms with Crippen LogP contribution in [0.15, 0.2) is 18.2 Å². The summed E-state index contributed by atoms with van der Waals surface area (Å²) in [5.74, 6) is -2.96. The number of benzene rings is 1. The third-order valence-corrected chi connectivity index (χ3v) is 8.94. The maximum Gasteiger partial charge on any atom is 0.416 e. The number of carbonyl (C=O) groups excluding carboxylic acids is 2. The van der Waals surface area contributed by atoms with Gasteiger partial charge >= 0.3 is 6.18 Å². The van der Waals surface area contributed by atoms with Gasteiger partial charge in [0.25, 0.3) is 10.2 Å². The van der Waals surface area contributed by atoms with E-state index in [0.717, 1.165) is 12.1 Å². The standard InChI is InChI=1S/C23H27F4N5O4S/c24-19-8-15(7-18(9-19)23(25,26)27)11-29-21(33)20-4-2-6-32(20)22(34)17-3-1-5-30(14-17)37(35,36)31-12-16(10-28)13-31/h7-9,16-17,20H,1-6,11-14H2,(H,29,33)/t17-,20+/m0/s1. The van der Waals surface area contributed by atoms with E-state index < -0.39 is 45.6 Å². The zero-order chi connectivity index (χ0) is 27.0. The number of piperidine rings is 1. The Balaban J connectivity index is 1.37. The van der Waals surface area contributed by atoms with Crippen molar-refractivity contribution in [1.29, 1.82) is 5.26 Å². The van der Waals surface area contributed by atoms with Crippen LogP contribution in [0.2, 0.25) is 0 Å². The van der Waals surface area contributed by atoms with E-state index in [1.54, 1.807) is 0 Å². The van der Waals surface area contributed by atoms with Crippen LogP contribution in [0.25, 0.3) is 0 Å². The molecule has 1 aromatic rings. The summed E-state index contributed by atoms with van der Waals surface area (Å²) >= 11 is 0. The van der Waals surface area contributed by atoms with Crippen molar-refractivity contribution < 1.29 is 35.6 Å². The zero-order valence-corrected chi connectivity index (χ0v) is 20.7. The fraction of sp³-hybridized carbons (Fsp3) is 0.609. The molecule has 202 valence electrons. The molecular formula is C23H27F4N5O4S. The lowest BCUT2D eigenvalue weighted by atomic mass is 9.97. The predicted octanol–water partition coefficient (Wildman–Crippen LogP) is 1.86. The predicted molar refractivity (Wildman–Crippen MR) is 122 cm³/mol. The molecule has 0 spiro atoms. The second-order valence-corrected chi connectivity index (χ2v) is 11.5. The van der Waals surface area contributed by atoms with Crippen molar-refractivity contribution in [2.45, 2.75) is 44.4 Å². The van der Waals surface area contributed by atoms with Crippen LogP contribution in [0.5, 0.6) is 0 Å². The van der Waals surface area contributed by atoms with Crippen molar-refractivity contribution in [3.63, 3.8) is 0 Å². The minimum atomic E-state index is -4.73. The third-order valence-electron chi connectivity index (χ3n) is 7.01. The summed E-state index contributed by atoms with van der Waals surface area (Å²) in [5.41, 5.74) is -1.22. The van der Waals surface area contributed by atoms with E-state index in [2.05, 4.69) is 5.32 Å². The first kappa shape index (κ1) is 27.3. The smallest absolute Gasteiger partial charge is 0.350 e. The van der Waals surface area contributed by atoms with Crippen molar-refractivity contribution in [2.24, 2.45) is 11.8 Å². The van der Waals surface area contributed by atoms with Crippen molar-refractivity contribution in [1.82, 2.24) is 18.8 Å². The molecule has 3 heterocycles. The summed E-state index contributed by atoms with van der Waals surface area (Å²) in [4.78, 5) is 27.5. The molecule has 1 N–H and O–H groups in total. The molecule has 37 heavy (non-hydrogen) atoms. The van der Waals surface area contributed by atoms with E-state index in [1.807, 2.05) is 6.07 Å². The number of nitrogens with one attached hydrogen (secondary N) is 1. The number of hydrogen-bond acceptors (Lipinski definition) is 5. The van der Waals surface area contributed by atoms with Gasteiger partial charge in [0, 0.05) is 39.3 Å². The Kier molecular flexibility index (Phi) is 7.77. The first-order chi connectivity index (χ1) is 17.4. The number of nitrogens with zero attached hydrogens (tertiary/aromatic N) is 4. The Morgan fingerprint density at radius 2 is 1.76 bits per heavy atom. The molecule has 3 fully saturated rings. The Hall–Kier alpha value is -2.76. The molecule has 4 rings (SSSR count). The highest BCUT2D eigenvalue weighted by molar-refractivity contribution is 7.86. The summed E-state index contributed by atoms with van der Waals surface area (Å²) < 4.78 is 80.8. The summed E-state index contributed by atoms with van der Waals surface area (Å²) in [6, 6.07) is 3.22. The number of alkyl halides is 3. The van der Waals surface area contributed by atoms with Crippen LogP contribution in [0.1, 0.15) is 36.8 Å². The van der Waals surface area contributed by atoms with E-state index in [4.69, 9.17) is 5.26 Å². The molecule has 14 heteroatoms. The van der Waals surface area contributed by atoms with E-state index in [-0.39, 0.29) is 50.1 Å². The lowest BCUT2D eigenvalue weighted by Gasteiger charge is -2.41. The summed E-state index contributed by atoms with van der Waals surface area (Å²) in [6.07, 6.45) is -2.91. The third kappa shape index (κ3) is 5.89. The van der Waals surface area contributed by atoms with Gasteiger partial charge in [-0.05, 0) is 49.4 Å².